The van der Waals surface area contributed by atoms with Crippen LogP contribution in [0.4, 0.5) is 5.82 Å². The summed E-state index contributed by atoms with van der Waals surface area (Å²) in [7, 11) is 4.64. The van der Waals surface area contributed by atoms with Crippen molar-refractivity contribution < 1.29 is 19.0 Å². The second-order valence-corrected chi connectivity index (χ2v) is 7.95. The molecule has 0 saturated heterocycles. The summed E-state index contributed by atoms with van der Waals surface area (Å²) in [4.78, 5) is 21.5. The van der Waals surface area contributed by atoms with Gasteiger partial charge in [0.05, 0.1) is 39.5 Å². The van der Waals surface area contributed by atoms with Gasteiger partial charge >= 0.3 is 0 Å². The van der Waals surface area contributed by atoms with Crippen LogP contribution in [-0.4, -0.2) is 66.3 Å². The molecule has 10 nitrogen and oxygen atoms in total. The van der Waals surface area contributed by atoms with Crippen LogP contribution in [0.3, 0.4) is 0 Å². The third kappa shape index (κ3) is 5.90. The van der Waals surface area contributed by atoms with Crippen molar-refractivity contribution in [3.63, 3.8) is 0 Å². The van der Waals surface area contributed by atoms with E-state index >= 15 is 0 Å². The number of nitrogens with zero attached hydrogens (tertiary/aromatic N) is 4. The highest BCUT2D eigenvalue weighted by Crippen LogP contribution is 2.38. The maximum atomic E-state index is 12.4. The smallest absolute Gasteiger partial charge is 0.244 e. The van der Waals surface area contributed by atoms with Crippen LogP contribution in [-0.2, 0) is 11.3 Å². The number of thioether (sulfide) groups is 1. The third-order valence-corrected chi connectivity index (χ3v) is 5.49. The summed E-state index contributed by atoms with van der Waals surface area (Å²) in [5, 5.41) is 12.2. The summed E-state index contributed by atoms with van der Waals surface area (Å²) in [6, 6.07) is 3.54. The zero-order valence-electron chi connectivity index (χ0n) is 20.0. The molecular formula is C23H30N6O4S. The maximum Gasteiger partial charge on any atom is 0.244 e. The van der Waals surface area contributed by atoms with Gasteiger partial charge in [-0.25, -0.2) is 14.6 Å². The summed E-state index contributed by atoms with van der Waals surface area (Å²) in [5.41, 5.74) is 1.48. The minimum atomic E-state index is -0.227. The van der Waals surface area contributed by atoms with Crippen LogP contribution in [0.5, 0.6) is 17.2 Å². The van der Waals surface area contributed by atoms with Crippen LogP contribution in [0.2, 0.25) is 0 Å². The van der Waals surface area contributed by atoms with E-state index in [2.05, 4.69) is 32.6 Å². The lowest BCUT2D eigenvalue weighted by molar-refractivity contribution is -0.116. The number of aromatic nitrogens is 4. The van der Waals surface area contributed by atoms with Gasteiger partial charge < -0.3 is 24.8 Å². The number of hydrogen-bond acceptors (Lipinski definition) is 9. The molecule has 3 rings (SSSR count). The Hall–Kier alpha value is -3.47. The zero-order chi connectivity index (χ0) is 24.5. The quantitative estimate of drug-likeness (QED) is 0.226. The summed E-state index contributed by atoms with van der Waals surface area (Å²) in [5.74, 6) is 2.09. The van der Waals surface area contributed by atoms with Gasteiger partial charge in [-0.15, -0.1) is 0 Å². The number of nitrogens with one attached hydrogen (secondary N) is 2. The van der Waals surface area contributed by atoms with Gasteiger partial charge in [0, 0.05) is 19.2 Å². The monoisotopic (exact) mass is 486 g/mol. The molecule has 0 atom stereocenters. The molecule has 11 heteroatoms. The Kier molecular flexibility index (Phi) is 8.97. The fourth-order valence-corrected chi connectivity index (χ4v) is 3.64. The van der Waals surface area contributed by atoms with E-state index in [4.69, 9.17) is 14.2 Å². The fourth-order valence-electron chi connectivity index (χ4n) is 3.28. The van der Waals surface area contributed by atoms with Gasteiger partial charge in [0.15, 0.2) is 22.3 Å². The molecule has 0 aliphatic rings. The number of methoxy groups -OCH3 is 3. The predicted molar refractivity (Wildman–Crippen MR) is 134 cm³/mol. The number of rotatable bonds is 12. The first kappa shape index (κ1) is 25.2. The molecule has 3 aromatic rings. The van der Waals surface area contributed by atoms with E-state index in [0.717, 1.165) is 35.4 Å². The Labute approximate surface area is 203 Å². The van der Waals surface area contributed by atoms with Crippen LogP contribution < -0.4 is 24.8 Å². The molecule has 1 amide bonds. The molecular weight excluding hydrogens is 456 g/mol. The first-order valence-corrected chi connectivity index (χ1v) is 12.0. The van der Waals surface area contributed by atoms with Crippen molar-refractivity contribution in [2.24, 2.45) is 0 Å². The number of anilines is 1. The van der Waals surface area contributed by atoms with Crippen molar-refractivity contribution in [2.75, 3.05) is 46.0 Å². The molecule has 0 spiro atoms. The largest absolute Gasteiger partial charge is 0.493 e. The molecule has 0 aliphatic heterocycles. The lowest BCUT2D eigenvalue weighted by atomic mass is 10.1. The number of amides is 1. The number of fused-ring (bicyclic) bond motifs is 1. The Morgan fingerprint density at radius 2 is 1.85 bits per heavy atom. The molecule has 0 aliphatic carbocycles. The minimum Gasteiger partial charge on any atom is -0.493 e. The molecule has 0 unspecified atom stereocenters. The summed E-state index contributed by atoms with van der Waals surface area (Å²) in [6.07, 6.45) is 7.83. The van der Waals surface area contributed by atoms with E-state index in [9.17, 15) is 4.79 Å². The van der Waals surface area contributed by atoms with E-state index < -0.39 is 0 Å². The molecule has 0 radical (unpaired) electrons. The Morgan fingerprint density at radius 3 is 2.47 bits per heavy atom. The normalized spacial score (nSPS) is 11.1. The number of carbonyl (C=O) groups excluding carboxylic acids is 1. The second-order valence-electron chi connectivity index (χ2n) is 7.17. The summed E-state index contributed by atoms with van der Waals surface area (Å²) < 4.78 is 17.8. The van der Waals surface area contributed by atoms with E-state index in [1.165, 1.54) is 17.8 Å². The van der Waals surface area contributed by atoms with Gasteiger partial charge in [-0.05, 0) is 36.4 Å². The Balaban J connectivity index is 1.66. The van der Waals surface area contributed by atoms with Crippen LogP contribution in [0.1, 0.15) is 18.9 Å². The fraction of sp³-hybridized carbons (Fsp3) is 0.391. The lowest BCUT2D eigenvalue weighted by Crippen LogP contribution is -2.25. The zero-order valence-corrected chi connectivity index (χ0v) is 20.9. The van der Waals surface area contributed by atoms with E-state index in [1.54, 1.807) is 50.4 Å². The van der Waals surface area contributed by atoms with Gasteiger partial charge in [-0.2, -0.15) is 5.10 Å². The number of ether oxygens (including phenoxy) is 3. The molecule has 0 saturated carbocycles. The van der Waals surface area contributed by atoms with Crippen molar-refractivity contribution in [3.05, 3.63) is 30.0 Å². The minimum absolute atomic E-state index is 0.227. The predicted octanol–water partition coefficient (Wildman–Crippen LogP) is 3.23. The van der Waals surface area contributed by atoms with Gasteiger partial charge in [0.2, 0.25) is 11.7 Å². The van der Waals surface area contributed by atoms with E-state index in [0.29, 0.717) is 35.5 Å². The average molecular weight is 487 g/mol. The number of carbonyl (C=O) groups is 1. The van der Waals surface area contributed by atoms with Crippen molar-refractivity contribution in [2.45, 2.75) is 25.0 Å². The number of benzene rings is 1. The van der Waals surface area contributed by atoms with E-state index in [-0.39, 0.29) is 5.91 Å². The molecule has 182 valence electrons. The second kappa shape index (κ2) is 12.1. The molecule has 2 heterocycles. The SMILES string of the molecule is CCCNc1nc(SC)nc2c1cnn2CCNC(=O)/C=C\c1cc(OC)c(OC)c(OC)c1. The first-order valence-electron chi connectivity index (χ1n) is 10.8. The molecule has 34 heavy (non-hydrogen) atoms. The highest BCUT2D eigenvalue weighted by Gasteiger charge is 2.14. The summed E-state index contributed by atoms with van der Waals surface area (Å²) in [6.45, 7) is 3.79. The molecule has 0 bridgehead atoms. The highest BCUT2D eigenvalue weighted by molar-refractivity contribution is 7.98. The molecule has 0 fully saturated rings. The average Bonchev–Trinajstić information content (AvgIpc) is 3.27. The van der Waals surface area contributed by atoms with Crippen LogP contribution in [0.15, 0.2) is 29.6 Å². The van der Waals surface area contributed by atoms with Crippen molar-refractivity contribution in [1.29, 1.82) is 0 Å². The third-order valence-electron chi connectivity index (χ3n) is 4.94. The maximum absolute atomic E-state index is 12.4. The van der Waals surface area contributed by atoms with Crippen LogP contribution in [0, 0.1) is 0 Å². The van der Waals surface area contributed by atoms with Gasteiger partial charge in [-0.3, -0.25) is 4.79 Å². The Bertz CT molecular complexity index is 1140. The lowest BCUT2D eigenvalue weighted by Gasteiger charge is -2.12. The molecule has 2 aromatic heterocycles. The van der Waals surface area contributed by atoms with Gasteiger partial charge in [0.25, 0.3) is 0 Å². The standard InChI is InChI=1S/C23H30N6O4S/c1-6-9-25-21-16-14-26-29(22(16)28-23(27-21)34-5)11-10-24-19(30)8-7-15-12-17(31-2)20(33-4)18(13-15)32-3/h7-8,12-14H,6,9-11H2,1-5H3,(H,24,30)(H,25,27,28)/b8-7-. The van der Waals surface area contributed by atoms with Crippen molar-refractivity contribution >= 4 is 40.6 Å². The van der Waals surface area contributed by atoms with Crippen molar-refractivity contribution in [3.8, 4) is 17.2 Å². The van der Waals surface area contributed by atoms with Gasteiger partial charge in [0.1, 0.15) is 5.82 Å². The van der Waals surface area contributed by atoms with E-state index in [1.807, 2.05) is 6.26 Å². The number of hydrogen-bond donors (Lipinski definition) is 2. The summed E-state index contributed by atoms with van der Waals surface area (Å²) >= 11 is 1.48. The molecule has 2 N–H and O–H groups in total. The first-order chi connectivity index (χ1) is 16.5. The van der Waals surface area contributed by atoms with Crippen LogP contribution >= 0.6 is 11.8 Å². The van der Waals surface area contributed by atoms with Crippen molar-refractivity contribution in [1.82, 2.24) is 25.1 Å². The van der Waals surface area contributed by atoms with Gasteiger partial charge in [-0.1, -0.05) is 18.7 Å². The molecule has 1 aromatic carbocycles. The Morgan fingerprint density at radius 1 is 1.12 bits per heavy atom. The van der Waals surface area contributed by atoms with Crippen LogP contribution in [0.25, 0.3) is 17.1 Å². The highest BCUT2D eigenvalue weighted by atomic mass is 32.2. The topological polar surface area (TPSA) is 112 Å².